The maximum Gasteiger partial charge on any atom is 0.0798 e. The number of aromatic nitrogens is 1. The monoisotopic (exact) mass is 374 g/mol. The second-order valence-electron chi connectivity index (χ2n) is 3.71. The van der Waals surface area contributed by atoms with E-state index in [4.69, 9.17) is 0 Å². The van der Waals surface area contributed by atoms with Crippen LogP contribution in [-0.2, 0) is 13.1 Å². The molecule has 2 rings (SSSR count). The molecule has 0 radical (unpaired) electrons. The summed E-state index contributed by atoms with van der Waals surface area (Å²) in [5.74, 6) is 0. The lowest BCUT2D eigenvalue weighted by atomic mass is 10.2. The second-order valence-corrected chi connectivity index (χ2v) is 6.36. The topological polar surface area (TPSA) is 24.9 Å². The van der Waals surface area contributed by atoms with Gasteiger partial charge in [0.15, 0.2) is 0 Å². The zero-order chi connectivity index (χ0) is 12.3. The largest absolute Gasteiger partial charge is 0.308 e. The van der Waals surface area contributed by atoms with Crippen molar-refractivity contribution in [2.24, 2.45) is 0 Å². The van der Waals surface area contributed by atoms with Crippen molar-refractivity contribution in [3.8, 4) is 0 Å². The molecule has 2 nitrogen and oxygen atoms in total. The number of hydrogen-bond donors (Lipinski definition) is 1. The van der Waals surface area contributed by atoms with E-state index in [1.54, 1.807) is 11.3 Å². The Kier molecular flexibility index (Phi) is 4.73. The van der Waals surface area contributed by atoms with Gasteiger partial charge in [0.25, 0.3) is 0 Å². The van der Waals surface area contributed by atoms with Gasteiger partial charge in [0, 0.05) is 26.9 Å². The first-order valence-electron chi connectivity index (χ1n) is 5.20. The van der Waals surface area contributed by atoms with Crippen molar-refractivity contribution in [3.63, 3.8) is 0 Å². The third kappa shape index (κ3) is 3.61. The van der Waals surface area contributed by atoms with E-state index >= 15 is 0 Å². The number of aryl methyl sites for hydroxylation is 1. The van der Waals surface area contributed by atoms with E-state index in [0.29, 0.717) is 0 Å². The van der Waals surface area contributed by atoms with E-state index in [1.807, 2.05) is 12.4 Å². The van der Waals surface area contributed by atoms with Crippen molar-refractivity contribution < 1.29 is 0 Å². The molecular formula is C12H12Br2N2S. The molecule has 0 amide bonds. The van der Waals surface area contributed by atoms with Gasteiger partial charge in [-0.05, 0) is 56.5 Å². The highest BCUT2D eigenvalue weighted by Gasteiger charge is 2.02. The fourth-order valence-electron chi connectivity index (χ4n) is 1.47. The van der Waals surface area contributed by atoms with Gasteiger partial charge in [0.2, 0.25) is 0 Å². The lowest BCUT2D eigenvalue weighted by molar-refractivity contribution is 0.697. The zero-order valence-corrected chi connectivity index (χ0v) is 13.3. The van der Waals surface area contributed by atoms with Crippen molar-refractivity contribution >= 4 is 43.2 Å². The van der Waals surface area contributed by atoms with Crippen LogP contribution < -0.4 is 5.32 Å². The van der Waals surface area contributed by atoms with Gasteiger partial charge in [0.1, 0.15) is 0 Å². The molecule has 90 valence electrons. The molecule has 0 aliphatic rings. The Balaban J connectivity index is 1.90. The van der Waals surface area contributed by atoms with Crippen LogP contribution in [0.1, 0.15) is 16.1 Å². The van der Waals surface area contributed by atoms with Gasteiger partial charge in [-0.2, -0.15) is 0 Å². The van der Waals surface area contributed by atoms with Gasteiger partial charge in [0.05, 0.1) is 11.2 Å². The van der Waals surface area contributed by atoms with E-state index in [-0.39, 0.29) is 0 Å². The Morgan fingerprint density at radius 1 is 1.24 bits per heavy atom. The number of nitrogens with zero attached hydrogens (tertiary/aromatic N) is 1. The fraction of sp³-hybridized carbons (Fsp3) is 0.250. The van der Waals surface area contributed by atoms with Crippen LogP contribution in [0, 0.1) is 6.92 Å². The fourth-order valence-corrected chi connectivity index (χ4v) is 2.89. The number of rotatable bonds is 4. The molecule has 0 saturated carbocycles. The van der Waals surface area contributed by atoms with Crippen molar-refractivity contribution in [2.75, 3.05) is 0 Å². The number of thiazole rings is 1. The molecule has 2 aromatic rings. The molecule has 0 unspecified atom stereocenters. The highest BCUT2D eigenvalue weighted by molar-refractivity contribution is 9.13. The Bertz CT molecular complexity index is 511. The third-order valence-corrected chi connectivity index (χ3v) is 5.26. The summed E-state index contributed by atoms with van der Waals surface area (Å²) >= 11 is 8.67. The van der Waals surface area contributed by atoms with Gasteiger partial charge in [-0.1, -0.05) is 6.07 Å². The lowest BCUT2D eigenvalue weighted by Crippen LogP contribution is -2.12. The van der Waals surface area contributed by atoms with Gasteiger partial charge in [-0.15, -0.1) is 11.3 Å². The predicted molar refractivity (Wildman–Crippen MR) is 79.2 cm³/mol. The third-order valence-electron chi connectivity index (χ3n) is 2.44. The van der Waals surface area contributed by atoms with Crippen LogP contribution in [0.4, 0.5) is 0 Å². The normalized spacial score (nSPS) is 10.8. The van der Waals surface area contributed by atoms with Crippen LogP contribution in [0.15, 0.2) is 32.7 Å². The summed E-state index contributed by atoms with van der Waals surface area (Å²) in [5.41, 5.74) is 4.28. The van der Waals surface area contributed by atoms with Crippen LogP contribution in [0.2, 0.25) is 0 Å². The highest BCUT2D eigenvalue weighted by Crippen LogP contribution is 2.23. The Labute approximate surface area is 122 Å². The van der Waals surface area contributed by atoms with Gasteiger partial charge in [-0.25, -0.2) is 4.98 Å². The molecule has 1 aromatic heterocycles. The summed E-state index contributed by atoms with van der Waals surface area (Å²) in [4.78, 5) is 5.54. The lowest BCUT2D eigenvalue weighted by Gasteiger charge is -2.05. The Hall–Kier alpha value is -0.230. The minimum atomic E-state index is 0.864. The van der Waals surface area contributed by atoms with Crippen LogP contribution in [0.5, 0.6) is 0 Å². The molecule has 17 heavy (non-hydrogen) atoms. The molecule has 0 aliphatic heterocycles. The molecule has 0 aliphatic carbocycles. The van der Waals surface area contributed by atoms with Crippen LogP contribution in [0.3, 0.4) is 0 Å². The van der Waals surface area contributed by atoms with Crippen LogP contribution in [0.25, 0.3) is 0 Å². The van der Waals surface area contributed by atoms with E-state index < -0.39 is 0 Å². The molecule has 0 bridgehead atoms. The van der Waals surface area contributed by atoms with Crippen molar-refractivity contribution in [2.45, 2.75) is 20.0 Å². The van der Waals surface area contributed by atoms with E-state index in [0.717, 1.165) is 27.7 Å². The van der Waals surface area contributed by atoms with Crippen molar-refractivity contribution in [1.82, 2.24) is 10.3 Å². The maximum absolute atomic E-state index is 4.23. The van der Waals surface area contributed by atoms with Crippen LogP contribution >= 0.6 is 43.2 Å². The first-order valence-corrected chi connectivity index (χ1v) is 7.67. The average Bonchev–Trinajstić information content (AvgIpc) is 2.70. The zero-order valence-electron chi connectivity index (χ0n) is 9.34. The summed E-state index contributed by atoms with van der Waals surface area (Å²) in [6, 6.07) is 6.29. The first-order chi connectivity index (χ1) is 8.16. The summed E-state index contributed by atoms with van der Waals surface area (Å²) in [6.07, 6.45) is 0. The highest BCUT2D eigenvalue weighted by atomic mass is 79.9. The average molecular weight is 376 g/mol. The molecule has 5 heteroatoms. The van der Waals surface area contributed by atoms with E-state index in [1.165, 1.54) is 10.4 Å². The molecule has 1 heterocycles. The number of hydrogen-bond acceptors (Lipinski definition) is 3. The summed E-state index contributed by atoms with van der Waals surface area (Å²) in [5, 5.41) is 3.43. The molecular weight excluding hydrogens is 364 g/mol. The number of nitrogens with one attached hydrogen (secondary N) is 1. The Morgan fingerprint density at radius 3 is 2.71 bits per heavy atom. The molecule has 0 saturated heterocycles. The number of benzene rings is 1. The molecule has 0 spiro atoms. The van der Waals surface area contributed by atoms with E-state index in [9.17, 15) is 0 Å². The van der Waals surface area contributed by atoms with E-state index in [2.05, 4.69) is 60.4 Å². The smallest absolute Gasteiger partial charge is 0.0798 e. The van der Waals surface area contributed by atoms with Gasteiger partial charge in [-0.3, -0.25) is 0 Å². The maximum atomic E-state index is 4.23. The Morgan fingerprint density at radius 2 is 2.06 bits per heavy atom. The quantitative estimate of drug-likeness (QED) is 0.863. The van der Waals surface area contributed by atoms with Crippen molar-refractivity contribution in [3.05, 3.63) is 48.8 Å². The van der Waals surface area contributed by atoms with Crippen molar-refractivity contribution in [1.29, 1.82) is 0 Å². The standard InChI is InChI=1S/C12H12Br2N2S/c1-8-12(17-7-16-8)6-15-5-9-2-3-10(13)11(14)4-9/h2-4,7,15H,5-6H2,1H3. The van der Waals surface area contributed by atoms with Crippen LogP contribution in [-0.4, -0.2) is 4.98 Å². The molecule has 0 atom stereocenters. The van der Waals surface area contributed by atoms with Gasteiger partial charge >= 0.3 is 0 Å². The minimum absolute atomic E-state index is 0.864. The SMILES string of the molecule is Cc1ncsc1CNCc1ccc(Br)c(Br)c1. The summed E-state index contributed by atoms with van der Waals surface area (Å²) in [7, 11) is 0. The second kappa shape index (κ2) is 6.09. The molecule has 0 fully saturated rings. The van der Waals surface area contributed by atoms with Gasteiger partial charge < -0.3 is 5.32 Å². The minimum Gasteiger partial charge on any atom is -0.308 e. The summed E-state index contributed by atoms with van der Waals surface area (Å²) < 4.78 is 2.17. The molecule has 1 aromatic carbocycles. The molecule has 1 N–H and O–H groups in total. The number of halogens is 2. The first kappa shape index (κ1) is 13.2. The summed E-state index contributed by atoms with van der Waals surface area (Å²) in [6.45, 7) is 3.79. The predicted octanol–water partition coefficient (Wildman–Crippen LogP) is 4.27.